The van der Waals surface area contributed by atoms with Crippen LogP contribution in [0.2, 0.25) is 0 Å². The molecule has 0 saturated carbocycles. The fourth-order valence-electron chi connectivity index (χ4n) is 1.47. The standard InChI is InChI=1S/C13H13BrN2O/c1-17-13-6-5-10(8-12(13)14)16-9-11-4-2-3-7-15-11/h2-8,16H,9H2,1H3. The van der Waals surface area contributed by atoms with E-state index in [1.54, 1.807) is 13.3 Å². The van der Waals surface area contributed by atoms with Gasteiger partial charge in [-0.05, 0) is 46.3 Å². The molecule has 1 heterocycles. The summed E-state index contributed by atoms with van der Waals surface area (Å²) in [7, 11) is 1.65. The summed E-state index contributed by atoms with van der Waals surface area (Å²) in [4.78, 5) is 4.25. The van der Waals surface area contributed by atoms with Crippen molar-refractivity contribution >= 4 is 21.6 Å². The summed E-state index contributed by atoms with van der Waals surface area (Å²) < 4.78 is 6.11. The molecule has 2 aromatic rings. The number of nitrogens with zero attached hydrogens (tertiary/aromatic N) is 1. The maximum Gasteiger partial charge on any atom is 0.133 e. The number of aromatic nitrogens is 1. The molecule has 1 aromatic carbocycles. The summed E-state index contributed by atoms with van der Waals surface area (Å²) in [6.07, 6.45) is 1.79. The van der Waals surface area contributed by atoms with E-state index in [0.29, 0.717) is 6.54 Å². The molecule has 0 bridgehead atoms. The fraction of sp³-hybridized carbons (Fsp3) is 0.154. The first-order chi connectivity index (χ1) is 8.29. The minimum absolute atomic E-state index is 0.708. The molecule has 0 radical (unpaired) electrons. The van der Waals surface area contributed by atoms with Crippen LogP contribution in [0.5, 0.6) is 5.75 Å². The van der Waals surface area contributed by atoms with Crippen LogP contribution >= 0.6 is 15.9 Å². The van der Waals surface area contributed by atoms with Crippen LogP contribution in [0.4, 0.5) is 5.69 Å². The second-order valence-corrected chi connectivity index (χ2v) is 4.38. The van der Waals surface area contributed by atoms with Crippen molar-refractivity contribution in [3.63, 3.8) is 0 Å². The average Bonchev–Trinajstić information content (AvgIpc) is 2.38. The molecule has 0 spiro atoms. The average molecular weight is 293 g/mol. The Bertz CT molecular complexity index is 488. The maximum absolute atomic E-state index is 5.18. The van der Waals surface area contributed by atoms with Crippen LogP contribution in [0, 0.1) is 0 Å². The summed E-state index contributed by atoms with van der Waals surface area (Å²) >= 11 is 3.45. The Labute approximate surface area is 109 Å². The summed E-state index contributed by atoms with van der Waals surface area (Å²) in [5, 5.41) is 3.31. The van der Waals surface area contributed by atoms with Gasteiger partial charge in [0.25, 0.3) is 0 Å². The SMILES string of the molecule is COc1ccc(NCc2ccccn2)cc1Br. The third-order valence-corrected chi connectivity index (χ3v) is 2.97. The van der Waals surface area contributed by atoms with Gasteiger partial charge in [-0.3, -0.25) is 4.98 Å². The molecular formula is C13H13BrN2O. The van der Waals surface area contributed by atoms with Crippen molar-refractivity contribution in [1.29, 1.82) is 0 Å². The van der Waals surface area contributed by atoms with Crippen molar-refractivity contribution in [3.8, 4) is 5.75 Å². The fourth-order valence-corrected chi connectivity index (χ4v) is 2.01. The van der Waals surface area contributed by atoms with Crippen molar-refractivity contribution in [2.24, 2.45) is 0 Å². The molecule has 4 heteroatoms. The van der Waals surface area contributed by atoms with Gasteiger partial charge in [0.2, 0.25) is 0 Å². The van der Waals surface area contributed by atoms with Crippen LogP contribution in [0.3, 0.4) is 0 Å². The molecule has 0 saturated heterocycles. The van der Waals surface area contributed by atoms with Gasteiger partial charge < -0.3 is 10.1 Å². The van der Waals surface area contributed by atoms with Gasteiger partial charge in [-0.2, -0.15) is 0 Å². The number of anilines is 1. The highest BCUT2D eigenvalue weighted by atomic mass is 79.9. The summed E-state index contributed by atoms with van der Waals surface area (Å²) in [5.74, 6) is 0.827. The largest absolute Gasteiger partial charge is 0.496 e. The number of benzene rings is 1. The van der Waals surface area contributed by atoms with Crippen LogP contribution in [-0.4, -0.2) is 12.1 Å². The zero-order valence-corrected chi connectivity index (χ0v) is 11.1. The van der Waals surface area contributed by atoms with Gasteiger partial charge in [0.05, 0.1) is 23.8 Å². The van der Waals surface area contributed by atoms with Gasteiger partial charge in [-0.15, -0.1) is 0 Å². The topological polar surface area (TPSA) is 34.1 Å². The van der Waals surface area contributed by atoms with E-state index in [0.717, 1.165) is 21.6 Å². The van der Waals surface area contributed by atoms with Crippen LogP contribution in [-0.2, 0) is 6.54 Å². The van der Waals surface area contributed by atoms with Crippen molar-refractivity contribution in [2.45, 2.75) is 6.54 Å². The van der Waals surface area contributed by atoms with Gasteiger partial charge in [0, 0.05) is 11.9 Å². The molecule has 0 unspecified atom stereocenters. The first-order valence-corrected chi connectivity index (χ1v) is 6.06. The van der Waals surface area contributed by atoms with E-state index in [2.05, 4.69) is 26.2 Å². The number of halogens is 1. The number of nitrogens with one attached hydrogen (secondary N) is 1. The van der Waals surface area contributed by atoms with E-state index in [-0.39, 0.29) is 0 Å². The smallest absolute Gasteiger partial charge is 0.133 e. The highest BCUT2D eigenvalue weighted by Crippen LogP contribution is 2.27. The Kier molecular flexibility index (Phi) is 3.98. The van der Waals surface area contributed by atoms with E-state index in [9.17, 15) is 0 Å². The number of hydrogen-bond acceptors (Lipinski definition) is 3. The normalized spacial score (nSPS) is 10.0. The van der Waals surface area contributed by atoms with Crippen LogP contribution in [0.25, 0.3) is 0 Å². The molecule has 1 aromatic heterocycles. The molecule has 17 heavy (non-hydrogen) atoms. The lowest BCUT2D eigenvalue weighted by Crippen LogP contribution is -2.01. The predicted molar refractivity (Wildman–Crippen MR) is 72.3 cm³/mol. The van der Waals surface area contributed by atoms with Gasteiger partial charge >= 0.3 is 0 Å². The Morgan fingerprint density at radius 1 is 1.29 bits per heavy atom. The van der Waals surface area contributed by atoms with Crippen molar-refractivity contribution in [2.75, 3.05) is 12.4 Å². The highest BCUT2D eigenvalue weighted by Gasteiger charge is 2.01. The molecule has 0 aliphatic heterocycles. The van der Waals surface area contributed by atoms with Gasteiger partial charge in [-0.25, -0.2) is 0 Å². The highest BCUT2D eigenvalue weighted by molar-refractivity contribution is 9.10. The Morgan fingerprint density at radius 3 is 2.82 bits per heavy atom. The Balaban J connectivity index is 2.02. The van der Waals surface area contributed by atoms with E-state index in [1.807, 2.05) is 36.4 Å². The molecule has 1 N–H and O–H groups in total. The molecule has 0 fully saturated rings. The third-order valence-electron chi connectivity index (χ3n) is 2.35. The van der Waals surface area contributed by atoms with Crippen LogP contribution in [0.1, 0.15) is 5.69 Å². The molecule has 0 aliphatic carbocycles. The first-order valence-electron chi connectivity index (χ1n) is 5.27. The van der Waals surface area contributed by atoms with Gasteiger partial charge in [0.1, 0.15) is 5.75 Å². The van der Waals surface area contributed by atoms with E-state index in [4.69, 9.17) is 4.74 Å². The van der Waals surface area contributed by atoms with E-state index >= 15 is 0 Å². The quantitative estimate of drug-likeness (QED) is 0.937. The second kappa shape index (κ2) is 5.68. The zero-order valence-electron chi connectivity index (χ0n) is 9.48. The summed E-state index contributed by atoms with van der Waals surface area (Å²) in [6, 6.07) is 11.8. The molecule has 2 rings (SSSR count). The van der Waals surface area contributed by atoms with Crippen molar-refractivity contribution in [3.05, 3.63) is 52.8 Å². The van der Waals surface area contributed by atoms with Crippen molar-refractivity contribution < 1.29 is 4.74 Å². The monoisotopic (exact) mass is 292 g/mol. The minimum atomic E-state index is 0.708. The van der Waals surface area contributed by atoms with E-state index in [1.165, 1.54) is 0 Å². The number of ether oxygens (including phenoxy) is 1. The number of methoxy groups -OCH3 is 1. The first kappa shape index (κ1) is 11.9. The maximum atomic E-state index is 5.18. The lowest BCUT2D eigenvalue weighted by molar-refractivity contribution is 0.412. The van der Waals surface area contributed by atoms with Crippen LogP contribution < -0.4 is 10.1 Å². The third kappa shape index (κ3) is 3.20. The van der Waals surface area contributed by atoms with Gasteiger partial charge in [0.15, 0.2) is 0 Å². The van der Waals surface area contributed by atoms with Crippen LogP contribution in [0.15, 0.2) is 47.1 Å². The molecular weight excluding hydrogens is 280 g/mol. The summed E-state index contributed by atoms with van der Waals surface area (Å²) in [6.45, 7) is 0.708. The molecule has 0 atom stereocenters. The zero-order chi connectivity index (χ0) is 12.1. The number of rotatable bonds is 4. The minimum Gasteiger partial charge on any atom is -0.496 e. The van der Waals surface area contributed by atoms with Crippen molar-refractivity contribution in [1.82, 2.24) is 4.98 Å². The molecule has 0 aliphatic rings. The second-order valence-electron chi connectivity index (χ2n) is 3.52. The Morgan fingerprint density at radius 2 is 2.18 bits per heavy atom. The number of hydrogen-bond donors (Lipinski definition) is 1. The lowest BCUT2D eigenvalue weighted by atomic mass is 10.3. The molecule has 88 valence electrons. The Hall–Kier alpha value is -1.55. The predicted octanol–water partition coefficient (Wildman–Crippen LogP) is 3.46. The summed E-state index contributed by atoms with van der Waals surface area (Å²) in [5.41, 5.74) is 2.04. The van der Waals surface area contributed by atoms with Gasteiger partial charge in [-0.1, -0.05) is 6.07 Å². The van der Waals surface area contributed by atoms with E-state index < -0.39 is 0 Å². The molecule has 0 amide bonds. The molecule has 3 nitrogen and oxygen atoms in total. The number of pyridine rings is 1. The lowest BCUT2D eigenvalue weighted by Gasteiger charge is -2.08.